The van der Waals surface area contributed by atoms with E-state index in [0.717, 1.165) is 11.3 Å². The normalized spacial score (nSPS) is 10.8. The predicted octanol–water partition coefficient (Wildman–Crippen LogP) is 5.48. The molecule has 2 rings (SSSR count). The van der Waals surface area contributed by atoms with E-state index in [4.69, 9.17) is 16.3 Å². The summed E-state index contributed by atoms with van der Waals surface area (Å²) in [6.07, 6.45) is 0. The smallest absolute Gasteiger partial charge is 0.132 e. The lowest BCUT2D eigenvalue weighted by Gasteiger charge is -2.15. The molecule has 0 aliphatic heterocycles. The topological polar surface area (TPSA) is 9.23 Å². The molecule has 0 radical (unpaired) electrons. The highest BCUT2D eigenvalue weighted by atomic mass is 35.5. The van der Waals surface area contributed by atoms with Crippen LogP contribution < -0.4 is 4.74 Å². The predicted molar refractivity (Wildman–Crippen MR) is 76.6 cm³/mol. The van der Waals surface area contributed by atoms with E-state index in [0.29, 0.717) is 17.2 Å². The van der Waals surface area contributed by atoms with Crippen molar-refractivity contribution in [3.63, 3.8) is 0 Å². The second-order valence-electron chi connectivity index (χ2n) is 4.68. The van der Waals surface area contributed by atoms with Gasteiger partial charge in [-0.1, -0.05) is 32.0 Å². The van der Waals surface area contributed by atoms with Crippen molar-refractivity contribution in [3.05, 3.63) is 59.4 Å². The van der Waals surface area contributed by atoms with E-state index in [1.165, 1.54) is 12.1 Å². The Labute approximate surface area is 118 Å². The van der Waals surface area contributed by atoms with Gasteiger partial charge < -0.3 is 4.74 Å². The summed E-state index contributed by atoms with van der Waals surface area (Å²) >= 11 is 5.83. The highest BCUT2D eigenvalue weighted by Crippen LogP contribution is 2.32. The molecule has 0 fully saturated rings. The molecule has 0 aliphatic rings. The molecule has 0 unspecified atom stereocenters. The molecular weight excluding hydrogens is 263 g/mol. The van der Waals surface area contributed by atoms with Crippen LogP contribution in [0.4, 0.5) is 4.39 Å². The van der Waals surface area contributed by atoms with Crippen LogP contribution >= 0.6 is 11.6 Å². The van der Waals surface area contributed by atoms with Crippen LogP contribution in [-0.4, -0.2) is 0 Å². The Morgan fingerprint density at radius 2 is 1.84 bits per heavy atom. The summed E-state index contributed by atoms with van der Waals surface area (Å²) < 4.78 is 19.1. The lowest BCUT2D eigenvalue weighted by atomic mass is 10.0. The molecule has 1 nitrogen and oxygen atoms in total. The van der Waals surface area contributed by atoms with Gasteiger partial charge in [0, 0.05) is 5.56 Å². The standard InChI is InChI=1S/C16H16ClFO/c1-11(2)14-5-3-4-6-16(14)19-15-8-7-13(18)9-12(15)10-17/h3-9,11H,10H2,1-2H3. The zero-order valence-electron chi connectivity index (χ0n) is 11.0. The Morgan fingerprint density at radius 3 is 2.53 bits per heavy atom. The summed E-state index contributed by atoms with van der Waals surface area (Å²) in [6.45, 7) is 4.21. The van der Waals surface area contributed by atoms with Crippen LogP contribution in [0.15, 0.2) is 42.5 Å². The Bertz CT molecular complexity index is 566. The Kier molecular flexibility index (Phi) is 4.43. The molecule has 0 spiro atoms. The van der Waals surface area contributed by atoms with Gasteiger partial charge in [-0.2, -0.15) is 0 Å². The molecule has 0 aromatic heterocycles. The fourth-order valence-corrected chi connectivity index (χ4v) is 2.13. The second kappa shape index (κ2) is 6.07. The average molecular weight is 279 g/mol. The second-order valence-corrected chi connectivity index (χ2v) is 4.95. The number of rotatable bonds is 4. The Hall–Kier alpha value is -1.54. The van der Waals surface area contributed by atoms with Crippen LogP contribution in [0.25, 0.3) is 0 Å². The number of hydrogen-bond acceptors (Lipinski definition) is 1. The Morgan fingerprint density at radius 1 is 1.11 bits per heavy atom. The summed E-state index contributed by atoms with van der Waals surface area (Å²) in [5, 5.41) is 0. The molecule has 0 saturated heterocycles. The summed E-state index contributed by atoms with van der Waals surface area (Å²) in [5.74, 6) is 1.66. The van der Waals surface area contributed by atoms with Gasteiger partial charge in [0.25, 0.3) is 0 Å². The summed E-state index contributed by atoms with van der Waals surface area (Å²) in [6, 6.07) is 12.2. The van der Waals surface area contributed by atoms with Gasteiger partial charge in [0.05, 0.1) is 5.88 Å². The molecule has 0 atom stereocenters. The van der Waals surface area contributed by atoms with Crippen LogP contribution in [-0.2, 0) is 5.88 Å². The fraction of sp³-hybridized carbons (Fsp3) is 0.250. The van der Waals surface area contributed by atoms with Crippen molar-refractivity contribution in [1.82, 2.24) is 0 Å². The van der Waals surface area contributed by atoms with Crippen molar-refractivity contribution in [2.24, 2.45) is 0 Å². The van der Waals surface area contributed by atoms with Crippen molar-refractivity contribution < 1.29 is 9.13 Å². The molecule has 0 N–H and O–H groups in total. The molecule has 0 saturated carbocycles. The molecular formula is C16H16ClFO. The fourth-order valence-electron chi connectivity index (χ4n) is 1.92. The van der Waals surface area contributed by atoms with E-state index in [9.17, 15) is 4.39 Å². The van der Waals surface area contributed by atoms with E-state index in [1.54, 1.807) is 6.07 Å². The zero-order valence-corrected chi connectivity index (χ0v) is 11.7. The third-order valence-electron chi connectivity index (χ3n) is 2.93. The number of para-hydroxylation sites is 1. The average Bonchev–Trinajstić information content (AvgIpc) is 2.41. The summed E-state index contributed by atoms with van der Waals surface area (Å²) in [5.41, 5.74) is 1.77. The van der Waals surface area contributed by atoms with E-state index in [1.807, 2.05) is 24.3 Å². The molecule has 19 heavy (non-hydrogen) atoms. The minimum Gasteiger partial charge on any atom is -0.457 e. The number of hydrogen-bond donors (Lipinski definition) is 0. The molecule has 0 amide bonds. The maximum absolute atomic E-state index is 13.2. The molecule has 3 heteroatoms. The van der Waals surface area contributed by atoms with Gasteiger partial charge in [-0.15, -0.1) is 11.6 Å². The first-order valence-electron chi connectivity index (χ1n) is 6.23. The minimum atomic E-state index is -0.305. The van der Waals surface area contributed by atoms with Gasteiger partial charge in [-0.25, -0.2) is 4.39 Å². The quantitative estimate of drug-likeness (QED) is 0.673. The van der Waals surface area contributed by atoms with Crippen molar-refractivity contribution >= 4 is 11.6 Å². The largest absolute Gasteiger partial charge is 0.457 e. The SMILES string of the molecule is CC(C)c1ccccc1Oc1ccc(F)cc1CCl. The van der Waals surface area contributed by atoms with Gasteiger partial charge in [0.1, 0.15) is 17.3 Å². The minimum absolute atomic E-state index is 0.219. The highest BCUT2D eigenvalue weighted by molar-refractivity contribution is 6.17. The molecule has 2 aromatic rings. The van der Waals surface area contributed by atoms with Crippen molar-refractivity contribution in [3.8, 4) is 11.5 Å². The van der Waals surface area contributed by atoms with Gasteiger partial charge >= 0.3 is 0 Å². The van der Waals surface area contributed by atoms with Crippen LogP contribution in [0.1, 0.15) is 30.9 Å². The van der Waals surface area contributed by atoms with Gasteiger partial charge in [0.2, 0.25) is 0 Å². The van der Waals surface area contributed by atoms with E-state index in [2.05, 4.69) is 13.8 Å². The van der Waals surface area contributed by atoms with Crippen LogP contribution in [0, 0.1) is 5.82 Å². The van der Waals surface area contributed by atoms with Gasteiger partial charge in [0.15, 0.2) is 0 Å². The first-order valence-corrected chi connectivity index (χ1v) is 6.76. The monoisotopic (exact) mass is 278 g/mol. The summed E-state index contributed by atoms with van der Waals surface area (Å²) in [7, 11) is 0. The maximum Gasteiger partial charge on any atom is 0.132 e. The van der Waals surface area contributed by atoms with E-state index in [-0.39, 0.29) is 11.7 Å². The number of halogens is 2. The molecule has 0 bridgehead atoms. The number of benzene rings is 2. The van der Waals surface area contributed by atoms with Crippen molar-refractivity contribution in [2.75, 3.05) is 0 Å². The van der Waals surface area contributed by atoms with Gasteiger partial charge in [-0.05, 0) is 35.7 Å². The van der Waals surface area contributed by atoms with Crippen LogP contribution in [0.5, 0.6) is 11.5 Å². The molecule has 100 valence electrons. The van der Waals surface area contributed by atoms with E-state index < -0.39 is 0 Å². The van der Waals surface area contributed by atoms with Crippen LogP contribution in [0.2, 0.25) is 0 Å². The van der Waals surface area contributed by atoms with Crippen LogP contribution in [0.3, 0.4) is 0 Å². The van der Waals surface area contributed by atoms with Gasteiger partial charge in [-0.3, -0.25) is 0 Å². The zero-order chi connectivity index (χ0) is 13.8. The molecule has 2 aromatic carbocycles. The molecule has 0 aliphatic carbocycles. The highest BCUT2D eigenvalue weighted by Gasteiger charge is 2.10. The van der Waals surface area contributed by atoms with Crippen molar-refractivity contribution in [2.45, 2.75) is 25.6 Å². The van der Waals surface area contributed by atoms with E-state index >= 15 is 0 Å². The number of alkyl halides is 1. The first-order chi connectivity index (χ1) is 9.11. The lowest BCUT2D eigenvalue weighted by molar-refractivity contribution is 0.467. The lowest BCUT2D eigenvalue weighted by Crippen LogP contribution is -1.96. The first kappa shape index (κ1) is 13.9. The maximum atomic E-state index is 13.2. The third kappa shape index (κ3) is 3.27. The molecule has 0 heterocycles. The summed E-state index contributed by atoms with van der Waals surface area (Å²) in [4.78, 5) is 0. The number of ether oxygens (including phenoxy) is 1. The third-order valence-corrected chi connectivity index (χ3v) is 3.22. The van der Waals surface area contributed by atoms with Crippen molar-refractivity contribution in [1.29, 1.82) is 0 Å². The Balaban J connectivity index is 2.36.